The fraction of sp³-hybridized carbons (Fsp3) is 0.700. The fourth-order valence-electron chi connectivity index (χ4n) is 1.48. The number of rotatable bonds is 5. The zero-order chi connectivity index (χ0) is 11.5. The van der Waals surface area contributed by atoms with Crippen molar-refractivity contribution in [1.82, 2.24) is 20.5 Å². The highest BCUT2D eigenvalue weighted by Crippen LogP contribution is 2.32. The highest BCUT2D eigenvalue weighted by atomic mass is 16.3. The van der Waals surface area contributed by atoms with E-state index in [1.54, 1.807) is 0 Å². The van der Waals surface area contributed by atoms with Crippen LogP contribution in [0.15, 0.2) is 0 Å². The number of aryl methyl sites for hydroxylation is 1. The monoisotopic (exact) mass is 224 g/mol. The predicted octanol–water partition coefficient (Wildman–Crippen LogP) is -0.132. The standard InChI is InChI=1S/C10H16N4O2/c1-2-8-12-9(14-13-8)10(16)11-5-7(15)6-3-4-6/h6-7,15H,2-5H2,1H3,(H,11,16)(H,12,13,14). The number of nitrogens with one attached hydrogen (secondary N) is 2. The predicted molar refractivity (Wildman–Crippen MR) is 56.8 cm³/mol. The molecule has 1 heterocycles. The van der Waals surface area contributed by atoms with E-state index in [1.807, 2.05) is 6.92 Å². The first-order valence-corrected chi connectivity index (χ1v) is 5.58. The number of aromatic amines is 1. The van der Waals surface area contributed by atoms with Gasteiger partial charge < -0.3 is 10.4 Å². The summed E-state index contributed by atoms with van der Waals surface area (Å²) in [6.07, 6.45) is 2.38. The van der Waals surface area contributed by atoms with Gasteiger partial charge in [0, 0.05) is 13.0 Å². The van der Waals surface area contributed by atoms with Crippen LogP contribution in [-0.2, 0) is 6.42 Å². The topological polar surface area (TPSA) is 90.9 Å². The van der Waals surface area contributed by atoms with Crippen molar-refractivity contribution in [3.8, 4) is 0 Å². The molecule has 1 aliphatic rings. The number of hydrogen-bond donors (Lipinski definition) is 3. The summed E-state index contributed by atoms with van der Waals surface area (Å²) >= 11 is 0. The Bertz CT molecular complexity index is 373. The Labute approximate surface area is 93.5 Å². The van der Waals surface area contributed by atoms with Crippen molar-refractivity contribution in [3.05, 3.63) is 11.6 Å². The average molecular weight is 224 g/mol. The summed E-state index contributed by atoms with van der Waals surface area (Å²) in [6, 6.07) is 0. The highest BCUT2D eigenvalue weighted by Gasteiger charge is 2.29. The Morgan fingerprint density at radius 2 is 2.44 bits per heavy atom. The van der Waals surface area contributed by atoms with Crippen molar-refractivity contribution in [2.75, 3.05) is 6.54 Å². The molecule has 1 aromatic heterocycles. The lowest BCUT2D eigenvalue weighted by Crippen LogP contribution is -2.33. The number of hydrogen-bond acceptors (Lipinski definition) is 4. The minimum atomic E-state index is -0.437. The molecule has 1 unspecified atom stereocenters. The van der Waals surface area contributed by atoms with Crippen LogP contribution in [0.4, 0.5) is 0 Å². The van der Waals surface area contributed by atoms with Crippen LogP contribution in [0.5, 0.6) is 0 Å². The van der Waals surface area contributed by atoms with Crippen LogP contribution in [0.25, 0.3) is 0 Å². The van der Waals surface area contributed by atoms with E-state index in [1.165, 1.54) is 0 Å². The Balaban J connectivity index is 1.82. The summed E-state index contributed by atoms with van der Waals surface area (Å²) in [5.41, 5.74) is 0. The molecule has 6 heteroatoms. The maximum absolute atomic E-state index is 11.6. The van der Waals surface area contributed by atoms with Crippen LogP contribution in [0, 0.1) is 5.92 Å². The summed E-state index contributed by atoms with van der Waals surface area (Å²) in [4.78, 5) is 15.6. The van der Waals surface area contributed by atoms with Crippen LogP contribution < -0.4 is 5.32 Å². The van der Waals surface area contributed by atoms with Crippen molar-refractivity contribution in [2.24, 2.45) is 5.92 Å². The number of nitrogens with zero attached hydrogens (tertiary/aromatic N) is 2. The smallest absolute Gasteiger partial charge is 0.291 e. The number of aromatic nitrogens is 3. The van der Waals surface area contributed by atoms with Crippen molar-refractivity contribution < 1.29 is 9.90 Å². The fourth-order valence-corrected chi connectivity index (χ4v) is 1.48. The largest absolute Gasteiger partial charge is 0.391 e. The van der Waals surface area contributed by atoms with Crippen LogP contribution in [0.3, 0.4) is 0 Å². The third-order valence-electron chi connectivity index (χ3n) is 2.71. The van der Waals surface area contributed by atoms with Gasteiger partial charge in [-0.15, -0.1) is 5.10 Å². The lowest BCUT2D eigenvalue weighted by atomic mass is 10.2. The Kier molecular flexibility index (Phi) is 3.19. The Morgan fingerprint density at radius 1 is 1.69 bits per heavy atom. The molecule has 1 saturated carbocycles. The molecule has 16 heavy (non-hydrogen) atoms. The van der Waals surface area contributed by atoms with Gasteiger partial charge in [0.25, 0.3) is 5.91 Å². The molecular formula is C10H16N4O2. The van der Waals surface area contributed by atoms with Gasteiger partial charge in [-0.1, -0.05) is 6.92 Å². The second kappa shape index (κ2) is 4.61. The minimum Gasteiger partial charge on any atom is -0.391 e. The van der Waals surface area contributed by atoms with Crippen LogP contribution in [0.1, 0.15) is 36.2 Å². The van der Waals surface area contributed by atoms with Crippen molar-refractivity contribution in [1.29, 1.82) is 0 Å². The summed E-state index contributed by atoms with van der Waals surface area (Å²) < 4.78 is 0. The molecule has 88 valence electrons. The summed E-state index contributed by atoms with van der Waals surface area (Å²) in [5, 5.41) is 18.7. The van der Waals surface area contributed by atoms with E-state index in [9.17, 15) is 9.90 Å². The third kappa shape index (κ3) is 2.57. The van der Waals surface area contributed by atoms with Gasteiger partial charge in [-0.05, 0) is 18.8 Å². The quantitative estimate of drug-likeness (QED) is 0.649. The number of H-pyrrole nitrogens is 1. The number of aliphatic hydroxyl groups is 1. The molecule has 0 aromatic carbocycles. The molecule has 6 nitrogen and oxygen atoms in total. The summed E-state index contributed by atoms with van der Waals surface area (Å²) in [6.45, 7) is 2.21. The van der Waals surface area contributed by atoms with Crippen molar-refractivity contribution >= 4 is 5.91 Å². The van der Waals surface area contributed by atoms with Gasteiger partial charge in [0.15, 0.2) is 0 Å². The first-order chi connectivity index (χ1) is 7.70. The zero-order valence-electron chi connectivity index (χ0n) is 9.23. The van der Waals surface area contributed by atoms with Gasteiger partial charge in [-0.3, -0.25) is 9.89 Å². The Morgan fingerprint density at radius 3 is 3.00 bits per heavy atom. The molecular weight excluding hydrogens is 208 g/mol. The molecule has 2 rings (SSSR count). The minimum absolute atomic E-state index is 0.139. The molecule has 1 aromatic rings. The molecule has 3 N–H and O–H groups in total. The van der Waals surface area contributed by atoms with E-state index in [4.69, 9.17) is 0 Å². The number of amides is 1. The van der Waals surface area contributed by atoms with E-state index < -0.39 is 6.10 Å². The van der Waals surface area contributed by atoms with Crippen molar-refractivity contribution in [2.45, 2.75) is 32.3 Å². The first kappa shape index (κ1) is 11.1. The Hall–Kier alpha value is -1.43. The molecule has 1 amide bonds. The summed E-state index contributed by atoms with van der Waals surface area (Å²) in [5.74, 6) is 0.849. The summed E-state index contributed by atoms with van der Waals surface area (Å²) in [7, 11) is 0. The molecule has 0 saturated heterocycles. The van der Waals surface area contributed by atoms with E-state index in [0.29, 0.717) is 18.2 Å². The normalized spacial score (nSPS) is 17.1. The van der Waals surface area contributed by atoms with Gasteiger partial charge in [0.2, 0.25) is 5.82 Å². The highest BCUT2D eigenvalue weighted by molar-refractivity contribution is 5.90. The molecule has 1 atom stereocenters. The molecule has 0 bridgehead atoms. The van der Waals surface area contributed by atoms with Gasteiger partial charge in [0.1, 0.15) is 5.82 Å². The van der Waals surface area contributed by atoms with Gasteiger partial charge >= 0.3 is 0 Å². The molecule has 0 aliphatic heterocycles. The van der Waals surface area contributed by atoms with Gasteiger partial charge in [-0.25, -0.2) is 4.98 Å². The van der Waals surface area contributed by atoms with Crippen LogP contribution in [-0.4, -0.2) is 38.8 Å². The number of carbonyl (C=O) groups excluding carboxylic acids is 1. The van der Waals surface area contributed by atoms with Crippen LogP contribution >= 0.6 is 0 Å². The zero-order valence-corrected chi connectivity index (χ0v) is 9.23. The average Bonchev–Trinajstić information content (AvgIpc) is 3.03. The lowest BCUT2D eigenvalue weighted by molar-refractivity contribution is 0.0891. The lowest BCUT2D eigenvalue weighted by Gasteiger charge is -2.08. The van der Waals surface area contributed by atoms with Crippen molar-refractivity contribution in [3.63, 3.8) is 0 Å². The third-order valence-corrected chi connectivity index (χ3v) is 2.71. The first-order valence-electron chi connectivity index (χ1n) is 5.58. The van der Waals surface area contributed by atoms with Gasteiger partial charge in [-0.2, -0.15) is 0 Å². The molecule has 0 radical (unpaired) electrons. The number of carbonyl (C=O) groups is 1. The number of aliphatic hydroxyl groups excluding tert-OH is 1. The van der Waals surface area contributed by atoms with E-state index in [0.717, 1.165) is 12.8 Å². The molecule has 0 spiro atoms. The molecule has 1 aliphatic carbocycles. The second-order valence-electron chi connectivity index (χ2n) is 4.07. The van der Waals surface area contributed by atoms with E-state index in [-0.39, 0.29) is 18.3 Å². The van der Waals surface area contributed by atoms with Gasteiger partial charge in [0.05, 0.1) is 6.10 Å². The maximum atomic E-state index is 11.6. The maximum Gasteiger partial charge on any atom is 0.291 e. The SMILES string of the molecule is CCc1nc(C(=O)NCC(O)C2CC2)n[nH]1. The second-order valence-corrected chi connectivity index (χ2v) is 4.07. The molecule has 1 fully saturated rings. The van der Waals surface area contributed by atoms with E-state index in [2.05, 4.69) is 20.5 Å². The van der Waals surface area contributed by atoms with Crippen LogP contribution in [0.2, 0.25) is 0 Å². The van der Waals surface area contributed by atoms with E-state index >= 15 is 0 Å².